The second kappa shape index (κ2) is 9.24. The summed E-state index contributed by atoms with van der Waals surface area (Å²) in [5.74, 6) is -18.1. The highest BCUT2D eigenvalue weighted by Gasteiger charge is 2.69. The van der Waals surface area contributed by atoms with Crippen molar-refractivity contribution >= 4 is 23.2 Å². The second-order valence-electron chi connectivity index (χ2n) is 10.3. The molecule has 6 atom stereocenters. The predicted octanol–water partition coefficient (Wildman–Crippen LogP) is 1.45. The molecule has 1 fully saturated rings. The third-order valence-electron chi connectivity index (χ3n) is 7.98. The normalized spacial score (nSPS) is 30.8. The molecule has 7 N–H and O–H groups in total. The number of phenols is 1. The lowest BCUT2D eigenvalue weighted by Crippen LogP contribution is -2.70. The average Bonchev–Trinajstić information content (AvgIpc) is 2.82. The van der Waals surface area contributed by atoms with Crippen LogP contribution >= 0.6 is 0 Å². The number of carbonyl (C=O) groups excluding carboxylic acids is 3. The van der Waals surface area contributed by atoms with Crippen molar-refractivity contribution < 1.29 is 61.9 Å². The van der Waals surface area contributed by atoms with Gasteiger partial charge in [0.1, 0.15) is 22.8 Å². The van der Waals surface area contributed by atoms with Gasteiger partial charge < -0.3 is 31.3 Å². The average molecular weight is 576 g/mol. The van der Waals surface area contributed by atoms with Crippen LogP contribution in [-0.2, 0) is 14.4 Å². The van der Waals surface area contributed by atoms with Crippen LogP contribution in [0.5, 0.6) is 5.75 Å². The minimum Gasteiger partial charge on any atom is -0.508 e. The number of aliphatic hydroxyl groups is 4. The monoisotopic (exact) mass is 576 g/mol. The van der Waals surface area contributed by atoms with Gasteiger partial charge in [-0.25, -0.2) is 0 Å². The Morgan fingerprint density at radius 2 is 1.70 bits per heavy atom. The molecule has 0 aliphatic heterocycles. The van der Waals surface area contributed by atoms with Gasteiger partial charge in [0.05, 0.1) is 23.6 Å². The SMILES string of the molecule is CN(C)C1C(=O)C(C(N)=O)=C(O)[C@@]2(O)C(=O)C3=C(O)c4c(O)cccc4[C@H](CCC(F)(F)C(F)(F)F)[C@H]3[C@H](O)[C@@H]12. The first-order valence-corrected chi connectivity index (χ1v) is 11.9. The number of benzene rings is 1. The van der Waals surface area contributed by atoms with E-state index in [-0.39, 0.29) is 5.56 Å². The molecule has 3 aliphatic rings. The number of primary amides is 1. The fourth-order valence-electron chi connectivity index (χ4n) is 6.21. The molecule has 40 heavy (non-hydrogen) atoms. The highest BCUT2D eigenvalue weighted by atomic mass is 19.4. The molecule has 0 radical (unpaired) electrons. The van der Waals surface area contributed by atoms with Crippen molar-refractivity contribution in [3.63, 3.8) is 0 Å². The Hall–Kier alpha value is -3.56. The number of phenolic OH excluding ortho intramolecular Hbond substituents is 1. The number of fused-ring (bicyclic) bond motifs is 3. The number of aliphatic hydroxyl groups excluding tert-OH is 3. The van der Waals surface area contributed by atoms with E-state index in [1.807, 2.05) is 0 Å². The lowest BCUT2D eigenvalue weighted by atomic mass is 9.53. The van der Waals surface area contributed by atoms with Crippen LogP contribution in [0.15, 0.2) is 35.1 Å². The number of alkyl halides is 5. The van der Waals surface area contributed by atoms with Gasteiger partial charge >= 0.3 is 12.1 Å². The number of nitrogens with two attached hydrogens (primary N) is 1. The molecule has 1 aromatic carbocycles. The lowest BCUT2D eigenvalue weighted by Gasteiger charge is -2.54. The number of hydrogen-bond donors (Lipinski definition) is 6. The molecule has 0 saturated heterocycles. The number of likely N-dealkylation sites (N-methyl/N-ethyl adjacent to an activating group) is 1. The molecule has 218 valence electrons. The van der Waals surface area contributed by atoms with Crippen molar-refractivity contribution in [3.05, 3.63) is 46.2 Å². The summed E-state index contributed by atoms with van der Waals surface area (Å²) in [6, 6.07) is 1.71. The van der Waals surface area contributed by atoms with Crippen molar-refractivity contribution in [1.29, 1.82) is 0 Å². The van der Waals surface area contributed by atoms with Crippen molar-refractivity contribution in [2.24, 2.45) is 17.6 Å². The number of nitrogens with zero attached hydrogens (tertiary/aromatic N) is 1. The Kier molecular flexibility index (Phi) is 6.80. The van der Waals surface area contributed by atoms with Crippen LogP contribution in [0.4, 0.5) is 22.0 Å². The molecular formula is C25H25F5N2O8. The summed E-state index contributed by atoms with van der Waals surface area (Å²) in [4.78, 5) is 40.2. The van der Waals surface area contributed by atoms with E-state index in [9.17, 15) is 61.9 Å². The van der Waals surface area contributed by atoms with Crippen LogP contribution in [0, 0.1) is 11.8 Å². The Labute approximate surface area is 222 Å². The number of halogens is 5. The summed E-state index contributed by atoms with van der Waals surface area (Å²) in [7, 11) is 2.53. The standard InChI is InChI=1S/C25H25F5N2O8/c1-32(2)16-15-18(35)12-9(6-7-23(26,27)25(28,29)30)8-4-3-5-10(33)11(8)17(34)13(12)20(37)24(15,40)21(38)14(19(16)36)22(31)39/h3-5,9,12,15-16,18,33-35,38,40H,6-7H2,1-2H3,(H2,31,39)/t9-,12+,15+,16?,18-,24-/m0/s1. The number of aromatic hydroxyl groups is 1. The van der Waals surface area contributed by atoms with Crippen LogP contribution in [0.3, 0.4) is 0 Å². The molecule has 0 bridgehead atoms. The Morgan fingerprint density at radius 3 is 2.23 bits per heavy atom. The van der Waals surface area contributed by atoms with E-state index >= 15 is 0 Å². The van der Waals surface area contributed by atoms with Crippen LogP contribution in [0.25, 0.3) is 5.76 Å². The molecule has 1 saturated carbocycles. The molecule has 1 amide bonds. The zero-order chi connectivity index (χ0) is 30.3. The van der Waals surface area contributed by atoms with Crippen LogP contribution in [-0.4, -0.2) is 91.8 Å². The summed E-state index contributed by atoms with van der Waals surface area (Å²) in [5, 5.41) is 55.5. The van der Waals surface area contributed by atoms with Crippen molar-refractivity contribution in [2.45, 2.75) is 48.6 Å². The molecule has 15 heteroatoms. The van der Waals surface area contributed by atoms with Crippen molar-refractivity contribution in [1.82, 2.24) is 4.90 Å². The predicted molar refractivity (Wildman–Crippen MR) is 125 cm³/mol. The minimum atomic E-state index is -5.93. The van der Waals surface area contributed by atoms with E-state index in [0.29, 0.717) is 0 Å². The maximum Gasteiger partial charge on any atom is 0.453 e. The first-order valence-electron chi connectivity index (χ1n) is 11.9. The van der Waals surface area contributed by atoms with Gasteiger partial charge in [-0.05, 0) is 38.1 Å². The second-order valence-corrected chi connectivity index (χ2v) is 10.3. The van der Waals surface area contributed by atoms with Gasteiger partial charge in [0, 0.05) is 17.9 Å². The number of ketones is 2. The largest absolute Gasteiger partial charge is 0.508 e. The summed E-state index contributed by atoms with van der Waals surface area (Å²) in [6.07, 6.45) is -10.9. The Balaban J connectivity index is 2.00. The van der Waals surface area contributed by atoms with Crippen molar-refractivity contribution in [2.75, 3.05) is 14.1 Å². The van der Waals surface area contributed by atoms with Gasteiger partial charge in [0.2, 0.25) is 5.78 Å². The number of Topliss-reactive ketones (excluding diaryl/α,β-unsaturated/α-hetero) is 2. The molecular weight excluding hydrogens is 551 g/mol. The summed E-state index contributed by atoms with van der Waals surface area (Å²) in [6.45, 7) is 0. The van der Waals surface area contributed by atoms with Gasteiger partial charge in [-0.1, -0.05) is 12.1 Å². The van der Waals surface area contributed by atoms with Gasteiger partial charge in [-0.3, -0.25) is 19.3 Å². The Bertz CT molecular complexity index is 1370. The first kappa shape index (κ1) is 29.4. The number of hydrogen-bond acceptors (Lipinski definition) is 9. The van der Waals surface area contributed by atoms with E-state index in [2.05, 4.69) is 0 Å². The fraction of sp³-hybridized carbons (Fsp3) is 0.480. The first-order chi connectivity index (χ1) is 18.3. The van der Waals surface area contributed by atoms with E-state index < -0.39 is 112 Å². The van der Waals surface area contributed by atoms with Crippen LogP contribution in [0.2, 0.25) is 0 Å². The molecule has 10 nitrogen and oxygen atoms in total. The fourth-order valence-corrected chi connectivity index (χ4v) is 6.21. The third-order valence-corrected chi connectivity index (χ3v) is 7.98. The van der Waals surface area contributed by atoms with E-state index in [4.69, 9.17) is 5.73 Å². The molecule has 1 unspecified atom stereocenters. The lowest BCUT2D eigenvalue weighted by molar-refractivity contribution is -0.285. The minimum absolute atomic E-state index is 0.178. The summed E-state index contributed by atoms with van der Waals surface area (Å²) in [5.41, 5.74) is -0.799. The maximum atomic E-state index is 14.0. The van der Waals surface area contributed by atoms with E-state index in [1.165, 1.54) is 26.2 Å². The van der Waals surface area contributed by atoms with Crippen LogP contribution in [0.1, 0.15) is 29.9 Å². The third kappa shape index (κ3) is 3.89. The highest BCUT2D eigenvalue weighted by molar-refractivity contribution is 6.24. The molecule has 1 aromatic rings. The highest BCUT2D eigenvalue weighted by Crippen LogP contribution is 2.57. The summed E-state index contributed by atoms with van der Waals surface area (Å²) >= 11 is 0. The smallest absolute Gasteiger partial charge is 0.453 e. The van der Waals surface area contributed by atoms with Gasteiger partial charge in [-0.15, -0.1) is 0 Å². The van der Waals surface area contributed by atoms with Crippen molar-refractivity contribution in [3.8, 4) is 5.75 Å². The number of carbonyl (C=O) groups is 3. The number of amides is 1. The Morgan fingerprint density at radius 1 is 1.10 bits per heavy atom. The number of rotatable bonds is 5. The molecule has 0 spiro atoms. The topological polar surface area (TPSA) is 182 Å². The quantitative estimate of drug-likeness (QED) is 0.223. The van der Waals surface area contributed by atoms with Gasteiger partial charge in [-0.2, -0.15) is 22.0 Å². The maximum absolute atomic E-state index is 14.0. The molecule has 3 aliphatic carbocycles. The van der Waals surface area contributed by atoms with E-state index in [1.54, 1.807) is 0 Å². The van der Waals surface area contributed by atoms with Gasteiger partial charge in [0.15, 0.2) is 11.4 Å². The molecule has 0 heterocycles. The molecule has 4 rings (SSSR count). The van der Waals surface area contributed by atoms with Crippen LogP contribution < -0.4 is 5.73 Å². The van der Waals surface area contributed by atoms with E-state index in [0.717, 1.165) is 11.0 Å². The molecule has 0 aromatic heterocycles. The van der Waals surface area contributed by atoms with Gasteiger partial charge in [0.25, 0.3) is 5.91 Å². The summed E-state index contributed by atoms with van der Waals surface area (Å²) < 4.78 is 67.0. The zero-order valence-electron chi connectivity index (χ0n) is 20.9. The zero-order valence-corrected chi connectivity index (χ0v) is 20.9.